The first-order valence-corrected chi connectivity index (χ1v) is 26.6. The number of ether oxygens (including phenoxy) is 7. The van der Waals surface area contributed by atoms with E-state index in [9.17, 15) is 45.6 Å². The molecular formula is C53H88O16. The van der Waals surface area contributed by atoms with Gasteiger partial charge in [-0.3, -0.25) is 4.79 Å². The fourth-order valence-corrected chi connectivity index (χ4v) is 15.9. The Labute approximate surface area is 409 Å². The summed E-state index contributed by atoms with van der Waals surface area (Å²) in [6.45, 7) is 21.7. The molecule has 396 valence electrons. The Morgan fingerprint density at radius 2 is 1.29 bits per heavy atom. The zero-order chi connectivity index (χ0) is 50.3. The number of aliphatic hydroxyl groups is 8. The minimum atomic E-state index is -1.73. The van der Waals surface area contributed by atoms with Crippen molar-refractivity contribution in [2.24, 2.45) is 56.7 Å². The van der Waals surface area contributed by atoms with Crippen LogP contribution in [0.4, 0.5) is 0 Å². The average Bonchev–Trinajstić information content (AvgIpc) is 3.31. The number of esters is 1. The Balaban J connectivity index is 1.06. The van der Waals surface area contributed by atoms with Crippen molar-refractivity contribution in [3.63, 3.8) is 0 Å². The fourth-order valence-electron chi connectivity index (χ4n) is 15.9. The van der Waals surface area contributed by atoms with Crippen LogP contribution in [0.15, 0.2) is 11.6 Å². The van der Waals surface area contributed by atoms with E-state index in [4.69, 9.17) is 33.2 Å². The number of allylic oxidation sites excluding steroid dienone is 2. The fraction of sp³-hybridized carbons (Fsp3) is 0.943. The van der Waals surface area contributed by atoms with Gasteiger partial charge in [0, 0.05) is 0 Å². The van der Waals surface area contributed by atoms with E-state index < -0.39 is 116 Å². The first kappa shape index (κ1) is 53.9. The van der Waals surface area contributed by atoms with E-state index in [0.29, 0.717) is 30.8 Å². The lowest BCUT2D eigenvalue weighted by Crippen LogP contribution is -2.68. The van der Waals surface area contributed by atoms with Gasteiger partial charge in [-0.25, -0.2) is 0 Å². The summed E-state index contributed by atoms with van der Waals surface area (Å²) >= 11 is 0. The first-order chi connectivity index (χ1) is 32.4. The van der Waals surface area contributed by atoms with Crippen LogP contribution < -0.4 is 0 Å². The van der Waals surface area contributed by atoms with E-state index in [1.807, 2.05) is 0 Å². The molecule has 0 radical (unpaired) electrons. The number of carbonyl (C=O) groups excluding carboxylic acids is 1. The Bertz CT molecular complexity index is 1830. The minimum Gasteiger partial charge on any atom is -0.465 e. The van der Waals surface area contributed by atoms with E-state index in [2.05, 4.69) is 61.5 Å². The summed E-state index contributed by atoms with van der Waals surface area (Å²) in [5, 5.41) is 87.0. The quantitative estimate of drug-likeness (QED) is 0.0590. The maximum Gasteiger partial charge on any atom is 0.312 e. The summed E-state index contributed by atoms with van der Waals surface area (Å²) in [6, 6.07) is 0. The second-order valence-corrected chi connectivity index (χ2v) is 24.4. The molecule has 7 fully saturated rings. The summed E-state index contributed by atoms with van der Waals surface area (Å²) in [5.74, 6) is 1.60. The molecule has 16 heteroatoms. The van der Waals surface area contributed by atoms with Gasteiger partial charge in [0.25, 0.3) is 0 Å². The predicted octanol–water partition coefficient (Wildman–Crippen LogP) is 4.27. The molecule has 5 aliphatic carbocycles. The highest BCUT2D eigenvalue weighted by atomic mass is 16.8. The van der Waals surface area contributed by atoms with Crippen LogP contribution in [0.2, 0.25) is 0 Å². The molecule has 3 heterocycles. The van der Waals surface area contributed by atoms with Crippen molar-refractivity contribution in [3.05, 3.63) is 11.6 Å². The molecule has 0 aromatic rings. The number of hydrogen-bond donors (Lipinski definition) is 8. The van der Waals surface area contributed by atoms with Gasteiger partial charge in [0.2, 0.25) is 0 Å². The van der Waals surface area contributed by atoms with Crippen LogP contribution in [-0.4, -0.2) is 158 Å². The SMILES string of the molecule is CCCCCOC(=O)[C@]12CC[C@@H](C)[C@H](C)[C@H]1C1=CC[C@@H]3[C@@]4(C)CC[C@@H](O[C@@H]5O[C@H](CO)[C@@H](O[C@@H]6O[C@@H](C)[C@H](O)[C@@H](O)[C@H]6O)[C@H](O)[C@H]5O[C@@H]5O[C@@H](C)[C@H](O)[C@@H](O)[C@H]5O)C(C)(C)[C@@H]4CC[C@@]3(C)[C@]1(C)CC2. The number of fused-ring (bicyclic) bond motifs is 7. The zero-order valence-electron chi connectivity index (χ0n) is 42.9. The van der Waals surface area contributed by atoms with Gasteiger partial charge in [0.1, 0.15) is 61.0 Å². The van der Waals surface area contributed by atoms with Crippen molar-refractivity contribution in [2.45, 2.75) is 245 Å². The van der Waals surface area contributed by atoms with Gasteiger partial charge in [0.15, 0.2) is 18.9 Å². The van der Waals surface area contributed by atoms with Gasteiger partial charge in [-0.2, -0.15) is 0 Å². The van der Waals surface area contributed by atoms with Gasteiger partial charge >= 0.3 is 5.97 Å². The molecule has 0 bridgehead atoms. The van der Waals surface area contributed by atoms with Crippen molar-refractivity contribution >= 4 is 5.97 Å². The lowest BCUT2D eigenvalue weighted by atomic mass is 9.33. The van der Waals surface area contributed by atoms with E-state index in [1.165, 1.54) is 19.4 Å². The van der Waals surface area contributed by atoms with Crippen molar-refractivity contribution in [2.75, 3.05) is 13.2 Å². The molecule has 0 spiro atoms. The summed E-state index contributed by atoms with van der Waals surface area (Å²) in [6.07, 6.45) is -8.57. The van der Waals surface area contributed by atoms with Crippen LogP contribution in [0.5, 0.6) is 0 Å². The lowest BCUT2D eigenvalue weighted by molar-refractivity contribution is -0.393. The number of rotatable bonds is 12. The molecule has 0 amide bonds. The van der Waals surface area contributed by atoms with Gasteiger partial charge in [0.05, 0.1) is 36.9 Å². The maximum atomic E-state index is 14.4. The number of carbonyl (C=O) groups is 1. The topological polar surface area (TPSA) is 244 Å². The van der Waals surface area contributed by atoms with Crippen molar-refractivity contribution < 1.29 is 78.8 Å². The molecule has 3 aliphatic heterocycles. The first-order valence-electron chi connectivity index (χ1n) is 26.6. The Hall–Kier alpha value is -1.35. The molecule has 4 saturated carbocycles. The molecule has 8 rings (SSSR count). The van der Waals surface area contributed by atoms with Crippen LogP contribution in [0.1, 0.15) is 146 Å². The monoisotopic (exact) mass is 981 g/mol. The second-order valence-electron chi connectivity index (χ2n) is 24.4. The molecule has 25 atom stereocenters. The van der Waals surface area contributed by atoms with Crippen LogP contribution >= 0.6 is 0 Å². The molecule has 8 aliphatic rings. The van der Waals surface area contributed by atoms with Crippen LogP contribution in [0, 0.1) is 56.7 Å². The molecule has 0 unspecified atom stereocenters. The summed E-state index contributed by atoms with van der Waals surface area (Å²) in [5.41, 5.74) is 0.350. The number of unbranched alkanes of at least 4 members (excludes halogenated alkanes) is 2. The van der Waals surface area contributed by atoms with Gasteiger partial charge in [-0.05, 0) is 129 Å². The summed E-state index contributed by atoms with van der Waals surface area (Å²) in [4.78, 5) is 14.4. The average molecular weight is 981 g/mol. The van der Waals surface area contributed by atoms with Crippen LogP contribution in [-0.2, 0) is 38.0 Å². The second kappa shape index (κ2) is 20.1. The highest BCUT2D eigenvalue weighted by Gasteiger charge is 2.70. The molecule has 0 aromatic heterocycles. The molecule has 69 heavy (non-hydrogen) atoms. The third kappa shape index (κ3) is 8.83. The zero-order valence-corrected chi connectivity index (χ0v) is 42.9. The third-order valence-electron chi connectivity index (χ3n) is 20.6. The molecule has 0 aromatic carbocycles. The Kier molecular flexibility index (Phi) is 15.7. The predicted molar refractivity (Wildman–Crippen MR) is 251 cm³/mol. The molecular weight excluding hydrogens is 893 g/mol. The minimum absolute atomic E-state index is 0.0180. The molecule has 8 N–H and O–H groups in total. The van der Waals surface area contributed by atoms with Crippen LogP contribution in [0.3, 0.4) is 0 Å². The van der Waals surface area contributed by atoms with Gasteiger partial charge in [-0.15, -0.1) is 0 Å². The normalized spacial score (nSPS) is 52.9. The van der Waals surface area contributed by atoms with E-state index in [0.717, 1.165) is 70.6 Å². The maximum absolute atomic E-state index is 14.4. The molecule has 16 nitrogen and oxygen atoms in total. The standard InChI is InChI=1S/C53H88O16/c1-11-12-13-24-63-48(62)53-21-16-26(2)27(3)35(53)30-14-15-33-50(8)19-18-34(49(6,7)32(50)17-20-52(33,10)51(30,9)22-23-53)67-47-44(69-46-41(60)39(58)37(56)29(5)65-46)42(61)43(31(25-54)66-47)68-45-40(59)38(57)36(55)28(4)64-45/h14,26-29,31-47,54-61H,11-13,15-25H2,1-10H3/t26-,27+,28+,29+,31-,32+,33-,34-,35+,36+,37+,38-,39-,40-,41-,42+,43-,44-,45+,46+,47+,50+,51-,52-,53+/m1/s1. The van der Waals surface area contributed by atoms with E-state index in [-0.39, 0.29) is 34.1 Å². The van der Waals surface area contributed by atoms with Crippen molar-refractivity contribution in [1.29, 1.82) is 0 Å². The summed E-state index contributed by atoms with van der Waals surface area (Å²) in [7, 11) is 0. The van der Waals surface area contributed by atoms with Crippen molar-refractivity contribution in [1.82, 2.24) is 0 Å². The highest BCUT2D eigenvalue weighted by Crippen LogP contribution is 2.76. The van der Waals surface area contributed by atoms with Gasteiger partial charge in [-0.1, -0.05) is 79.9 Å². The smallest absolute Gasteiger partial charge is 0.312 e. The Morgan fingerprint density at radius 1 is 0.667 bits per heavy atom. The van der Waals surface area contributed by atoms with Crippen molar-refractivity contribution in [3.8, 4) is 0 Å². The Morgan fingerprint density at radius 3 is 1.90 bits per heavy atom. The number of hydrogen-bond acceptors (Lipinski definition) is 16. The highest BCUT2D eigenvalue weighted by molar-refractivity contribution is 5.79. The summed E-state index contributed by atoms with van der Waals surface area (Å²) < 4.78 is 43.6. The number of aliphatic hydroxyl groups excluding tert-OH is 8. The van der Waals surface area contributed by atoms with Gasteiger partial charge < -0.3 is 74.0 Å². The van der Waals surface area contributed by atoms with E-state index in [1.54, 1.807) is 0 Å². The lowest BCUT2D eigenvalue weighted by Gasteiger charge is -2.71. The third-order valence-corrected chi connectivity index (χ3v) is 20.6. The van der Waals surface area contributed by atoms with Crippen LogP contribution in [0.25, 0.3) is 0 Å². The largest absolute Gasteiger partial charge is 0.465 e. The molecule has 3 saturated heterocycles. The van der Waals surface area contributed by atoms with E-state index >= 15 is 0 Å².